The van der Waals surface area contributed by atoms with E-state index in [1.54, 1.807) is 6.07 Å². The van der Waals surface area contributed by atoms with Crippen LogP contribution in [0.3, 0.4) is 0 Å². The second kappa shape index (κ2) is 6.16. The van der Waals surface area contributed by atoms with Crippen molar-refractivity contribution in [1.29, 1.82) is 0 Å². The number of amides is 4. The van der Waals surface area contributed by atoms with Gasteiger partial charge in [0.1, 0.15) is 5.58 Å². The summed E-state index contributed by atoms with van der Waals surface area (Å²) in [5, 5.41) is 0.643. The molecule has 7 nitrogen and oxygen atoms in total. The van der Waals surface area contributed by atoms with E-state index in [4.69, 9.17) is 4.42 Å². The Morgan fingerprint density at radius 1 is 0.920 bits per heavy atom. The molecular formula is C18H18N2O5. The van der Waals surface area contributed by atoms with Crippen molar-refractivity contribution in [3.8, 4) is 0 Å². The first kappa shape index (κ1) is 16.9. The highest BCUT2D eigenvalue weighted by Gasteiger charge is 2.43. The number of urea groups is 1. The van der Waals surface area contributed by atoms with Crippen LogP contribution < -0.4 is 5.63 Å². The third-order valence-electron chi connectivity index (χ3n) is 4.36. The number of benzene rings is 1. The molecule has 2 aromatic rings. The van der Waals surface area contributed by atoms with E-state index in [9.17, 15) is 19.2 Å². The summed E-state index contributed by atoms with van der Waals surface area (Å²) in [6.45, 7) is 5.68. The van der Waals surface area contributed by atoms with Crippen LogP contribution in [0.25, 0.3) is 11.0 Å². The van der Waals surface area contributed by atoms with Gasteiger partial charge in [0.05, 0.1) is 6.54 Å². The molecule has 1 aliphatic rings. The second-order valence-electron chi connectivity index (χ2n) is 6.15. The maximum atomic E-state index is 12.4. The van der Waals surface area contributed by atoms with Crippen molar-refractivity contribution in [3.63, 3.8) is 0 Å². The molecule has 2 heterocycles. The van der Waals surface area contributed by atoms with E-state index in [0.29, 0.717) is 23.0 Å². The van der Waals surface area contributed by atoms with Gasteiger partial charge < -0.3 is 4.42 Å². The molecule has 3 rings (SSSR count). The summed E-state index contributed by atoms with van der Waals surface area (Å²) in [7, 11) is 0. The van der Waals surface area contributed by atoms with Crippen molar-refractivity contribution in [2.24, 2.45) is 0 Å². The third-order valence-corrected chi connectivity index (χ3v) is 4.36. The predicted molar refractivity (Wildman–Crippen MR) is 89.9 cm³/mol. The topological polar surface area (TPSA) is 87.9 Å². The lowest BCUT2D eigenvalue weighted by atomic mass is 10.0. The summed E-state index contributed by atoms with van der Waals surface area (Å²) in [6.07, 6.45) is 0.564. The van der Waals surface area contributed by atoms with Gasteiger partial charge >= 0.3 is 23.5 Å². The van der Waals surface area contributed by atoms with Crippen LogP contribution >= 0.6 is 0 Å². The monoisotopic (exact) mass is 342 g/mol. The van der Waals surface area contributed by atoms with Crippen LogP contribution in [-0.4, -0.2) is 34.2 Å². The van der Waals surface area contributed by atoms with Crippen LogP contribution in [0.15, 0.2) is 27.4 Å². The van der Waals surface area contributed by atoms with E-state index < -0.39 is 23.5 Å². The summed E-state index contributed by atoms with van der Waals surface area (Å²) in [5.41, 5.74) is 2.25. The lowest BCUT2D eigenvalue weighted by Gasteiger charge is -2.16. The molecule has 0 saturated carbocycles. The Balaban J connectivity index is 2.05. The summed E-state index contributed by atoms with van der Waals surface area (Å²) < 4.78 is 5.22. The maximum Gasteiger partial charge on any atom is 0.336 e. The fourth-order valence-electron chi connectivity index (χ4n) is 2.89. The van der Waals surface area contributed by atoms with Crippen LogP contribution in [0, 0.1) is 13.8 Å². The Kier molecular flexibility index (Phi) is 4.16. The van der Waals surface area contributed by atoms with Crippen molar-refractivity contribution in [2.45, 2.75) is 33.7 Å². The highest BCUT2D eigenvalue weighted by Crippen LogP contribution is 2.24. The van der Waals surface area contributed by atoms with Crippen LogP contribution in [0.1, 0.15) is 30.0 Å². The van der Waals surface area contributed by atoms with Gasteiger partial charge in [-0.2, -0.15) is 0 Å². The third kappa shape index (κ3) is 2.82. The number of hydrogen-bond acceptors (Lipinski definition) is 5. The van der Waals surface area contributed by atoms with E-state index in [-0.39, 0.29) is 13.1 Å². The number of rotatable bonds is 4. The number of fused-ring (bicyclic) bond motifs is 1. The Labute approximate surface area is 143 Å². The number of nitrogens with zero attached hydrogens (tertiary/aromatic N) is 2. The fourth-order valence-corrected chi connectivity index (χ4v) is 2.89. The van der Waals surface area contributed by atoms with Gasteiger partial charge in [-0.05, 0) is 49.1 Å². The average Bonchev–Trinajstić information content (AvgIpc) is 2.75. The van der Waals surface area contributed by atoms with Gasteiger partial charge in [-0.3, -0.25) is 19.4 Å². The molecule has 0 N–H and O–H groups in total. The first-order valence-corrected chi connectivity index (χ1v) is 8.04. The largest absolute Gasteiger partial charge is 0.423 e. The summed E-state index contributed by atoms with van der Waals surface area (Å²) in [6, 6.07) is 4.20. The maximum absolute atomic E-state index is 12.4. The Morgan fingerprint density at radius 3 is 2.24 bits per heavy atom. The quantitative estimate of drug-likeness (QED) is 0.482. The fraction of sp³-hybridized carbons (Fsp3) is 0.333. The second-order valence-corrected chi connectivity index (χ2v) is 6.15. The van der Waals surface area contributed by atoms with Gasteiger partial charge in [-0.1, -0.05) is 6.92 Å². The molecule has 25 heavy (non-hydrogen) atoms. The zero-order valence-corrected chi connectivity index (χ0v) is 14.3. The molecular weight excluding hydrogens is 324 g/mol. The lowest BCUT2D eigenvalue weighted by molar-refractivity contribution is -0.143. The zero-order chi connectivity index (χ0) is 18.3. The van der Waals surface area contributed by atoms with Crippen LogP contribution in [0.2, 0.25) is 0 Å². The van der Waals surface area contributed by atoms with Crippen LogP contribution in [-0.2, 0) is 16.1 Å². The van der Waals surface area contributed by atoms with Gasteiger partial charge in [0, 0.05) is 18.0 Å². The van der Waals surface area contributed by atoms with Crippen molar-refractivity contribution in [2.75, 3.05) is 6.54 Å². The molecule has 4 amide bonds. The molecule has 130 valence electrons. The molecule has 7 heteroatoms. The number of hydrogen-bond donors (Lipinski definition) is 0. The Bertz CT molecular complexity index is 960. The van der Waals surface area contributed by atoms with E-state index in [1.165, 1.54) is 6.07 Å². The molecule has 1 aromatic heterocycles. The zero-order valence-electron chi connectivity index (χ0n) is 14.3. The highest BCUT2D eigenvalue weighted by molar-refractivity contribution is 6.44. The molecule has 1 saturated heterocycles. The predicted octanol–water partition coefficient (Wildman–Crippen LogP) is 2.11. The SMILES string of the molecule is CCCN1C(=O)C(=O)N(Cc2cc(=O)oc3cc(C)c(C)cc23)C1=O. The molecule has 0 spiro atoms. The molecule has 0 atom stereocenters. The van der Waals surface area contributed by atoms with Gasteiger partial charge in [0.15, 0.2) is 0 Å². The minimum absolute atomic E-state index is 0.145. The first-order valence-electron chi connectivity index (χ1n) is 8.04. The van der Waals surface area contributed by atoms with Gasteiger partial charge in [-0.25, -0.2) is 9.59 Å². The van der Waals surface area contributed by atoms with Gasteiger partial charge in [0.2, 0.25) is 0 Å². The van der Waals surface area contributed by atoms with Crippen LogP contribution in [0.4, 0.5) is 4.79 Å². The average molecular weight is 342 g/mol. The smallest absolute Gasteiger partial charge is 0.336 e. The highest BCUT2D eigenvalue weighted by atomic mass is 16.4. The molecule has 0 bridgehead atoms. The number of imide groups is 2. The minimum atomic E-state index is -0.872. The number of aryl methyl sites for hydroxylation is 2. The normalized spacial score (nSPS) is 14.9. The summed E-state index contributed by atoms with van der Waals surface area (Å²) >= 11 is 0. The van der Waals surface area contributed by atoms with Crippen molar-refractivity contribution < 1.29 is 18.8 Å². The molecule has 1 aliphatic heterocycles. The van der Waals surface area contributed by atoms with Gasteiger partial charge in [0.25, 0.3) is 0 Å². The summed E-state index contributed by atoms with van der Waals surface area (Å²) in [5.74, 6) is -1.70. The van der Waals surface area contributed by atoms with Crippen molar-refractivity contribution in [3.05, 3.63) is 45.3 Å². The molecule has 0 aliphatic carbocycles. The summed E-state index contributed by atoms with van der Waals surface area (Å²) in [4.78, 5) is 50.1. The molecule has 1 fully saturated rings. The first-order chi connectivity index (χ1) is 11.8. The van der Waals surface area contributed by atoms with E-state index >= 15 is 0 Å². The molecule has 0 unspecified atom stereocenters. The van der Waals surface area contributed by atoms with Gasteiger partial charge in [-0.15, -0.1) is 0 Å². The van der Waals surface area contributed by atoms with Crippen LogP contribution in [0.5, 0.6) is 0 Å². The lowest BCUT2D eigenvalue weighted by Crippen LogP contribution is -2.33. The van der Waals surface area contributed by atoms with E-state index in [1.807, 2.05) is 26.8 Å². The van der Waals surface area contributed by atoms with Crippen molar-refractivity contribution >= 4 is 28.8 Å². The van der Waals surface area contributed by atoms with E-state index in [0.717, 1.165) is 20.9 Å². The Hall–Kier alpha value is -2.96. The van der Waals surface area contributed by atoms with Crippen molar-refractivity contribution in [1.82, 2.24) is 9.80 Å². The number of carbonyl (C=O) groups excluding carboxylic acids is 3. The molecule has 1 aromatic carbocycles. The molecule has 0 radical (unpaired) electrons. The standard InChI is InChI=1S/C18H18N2O5/c1-4-5-19-16(22)17(23)20(18(19)24)9-12-8-15(21)25-14-7-11(3)10(2)6-13(12)14/h6-8H,4-5,9H2,1-3H3. The minimum Gasteiger partial charge on any atom is -0.423 e. The van der Waals surface area contributed by atoms with E-state index in [2.05, 4.69) is 0 Å². The number of carbonyl (C=O) groups is 3. The Morgan fingerprint density at radius 2 is 1.56 bits per heavy atom.